The average molecular weight is 232 g/mol. The Kier molecular flexibility index (Phi) is 4.18. The zero-order valence-corrected chi connectivity index (χ0v) is 10.2. The van der Waals surface area contributed by atoms with Crippen LogP contribution in [0.1, 0.15) is 43.2 Å². The van der Waals surface area contributed by atoms with Crippen molar-refractivity contribution in [2.45, 2.75) is 44.9 Å². The summed E-state index contributed by atoms with van der Waals surface area (Å²) in [7, 11) is 0. The first-order valence-corrected chi connectivity index (χ1v) is 6.54. The molecule has 1 aromatic carbocycles. The van der Waals surface area contributed by atoms with Gasteiger partial charge in [0, 0.05) is 0 Å². The Morgan fingerprint density at radius 1 is 1.12 bits per heavy atom. The molecular formula is C15H20O2. The van der Waals surface area contributed by atoms with Crippen LogP contribution in [0, 0.1) is 5.92 Å². The number of hydrogen-bond acceptors (Lipinski definition) is 1. The zero-order valence-electron chi connectivity index (χ0n) is 10.2. The molecule has 0 atom stereocenters. The summed E-state index contributed by atoms with van der Waals surface area (Å²) in [5.41, 5.74) is 2.23. The van der Waals surface area contributed by atoms with Crippen molar-refractivity contribution in [1.29, 1.82) is 0 Å². The van der Waals surface area contributed by atoms with Gasteiger partial charge in [-0.1, -0.05) is 56.4 Å². The summed E-state index contributed by atoms with van der Waals surface area (Å²) < 4.78 is 0. The van der Waals surface area contributed by atoms with Crippen molar-refractivity contribution in [3.8, 4) is 0 Å². The topological polar surface area (TPSA) is 37.3 Å². The van der Waals surface area contributed by atoms with E-state index in [4.69, 9.17) is 5.11 Å². The van der Waals surface area contributed by atoms with Crippen LogP contribution in [-0.4, -0.2) is 11.1 Å². The smallest absolute Gasteiger partial charge is 0.307 e. The molecule has 0 spiro atoms. The Morgan fingerprint density at radius 3 is 2.41 bits per heavy atom. The van der Waals surface area contributed by atoms with Crippen LogP contribution in [0.3, 0.4) is 0 Å². The van der Waals surface area contributed by atoms with Crippen LogP contribution in [0.2, 0.25) is 0 Å². The minimum Gasteiger partial charge on any atom is -0.481 e. The number of carbonyl (C=O) groups is 1. The summed E-state index contributed by atoms with van der Waals surface area (Å²) in [6, 6.07) is 7.99. The fourth-order valence-electron chi connectivity index (χ4n) is 2.79. The average Bonchev–Trinajstić information content (AvgIpc) is 2.32. The molecule has 0 aromatic heterocycles. The van der Waals surface area contributed by atoms with Crippen LogP contribution in [0.15, 0.2) is 24.3 Å². The van der Waals surface area contributed by atoms with Crippen LogP contribution < -0.4 is 0 Å². The standard InChI is InChI=1S/C15H20O2/c16-15(17)11-14-9-5-4-8-13(14)10-12-6-2-1-3-7-12/h4-5,8-9,12H,1-3,6-7,10-11H2,(H,16,17). The van der Waals surface area contributed by atoms with E-state index in [1.807, 2.05) is 18.2 Å². The van der Waals surface area contributed by atoms with Crippen molar-refractivity contribution in [1.82, 2.24) is 0 Å². The minimum absolute atomic E-state index is 0.156. The highest BCUT2D eigenvalue weighted by atomic mass is 16.4. The summed E-state index contributed by atoms with van der Waals surface area (Å²) >= 11 is 0. The maximum Gasteiger partial charge on any atom is 0.307 e. The van der Waals surface area contributed by atoms with E-state index in [1.54, 1.807) is 0 Å². The molecule has 1 aliphatic rings. The molecule has 2 nitrogen and oxygen atoms in total. The molecule has 2 heteroatoms. The quantitative estimate of drug-likeness (QED) is 0.863. The molecule has 2 rings (SSSR count). The van der Waals surface area contributed by atoms with Gasteiger partial charge in [0.05, 0.1) is 6.42 Å². The van der Waals surface area contributed by atoms with Crippen molar-refractivity contribution >= 4 is 5.97 Å². The fourth-order valence-corrected chi connectivity index (χ4v) is 2.79. The van der Waals surface area contributed by atoms with Crippen molar-refractivity contribution in [2.24, 2.45) is 5.92 Å². The van der Waals surface area contributed by atoms with Gasteiger partial charge in [0.1, 0.15) is 0 Å². The van der Waals surface area contributed by atoms with Gasteiger partial charge in [-0.15, -0.1) is 0 Å². The van der Waals surface area contributed by atoms with E-state index in [9.17, 15) is 4.79 Å². The summed E-state index contributed by atoms with van der Waals surface area (Å²) in [6.45, 7) is 0. The molecule has 1 aromatic rings. The molecule has 0 unspecified atom stereocenters. The summed E-state index contributed by atoms with van der Waals surface area (Å²) in [5, 5.41) is 8.90. The lowest BCUT2D eigenvalue weighted by atomic mass is 9.83. The van der Waals surface area contributed by atoms with Gasteiger partial charge in [-0.2, -0.15) is 0 Å². The van der Waals surface area contributed by atoms with Gasteiger partial charge in [0.15, 0.2) is 0 Å². The van der Waals surface area contributed by atoms with Crippen LogP contribution in [0.4, 0.5) is 0 Å². The predicted molar refractivity (Wildman–Crippen MR) is 68.1 cm³/mol. The molecule has 1 saturated carbocycles. The molecular weight excluding hydrogens is 212 g/mol. The van der Waals surface area contributed by atoms with Gasteiger partial charge in [-0.3, -0.25) is 4.79 Å². The maximum atomic E-state index is 10.8. The van der Waals surface area contributed by atoms with E-state index in [-0.39, 0.29) is 6.42 Å². The van der Waals surface area contributed by atoms with E-state index in [1.165, 1.54) is 37.7 Å². The number of carboxylic acids is 1. The van der Waals surface area contributed by atoms with E-state index in [0.717, 1.165) is 17.9 Å². The van der Waals surface area contributed by atoms with Gasteiger partial charge in [-0.25, -0.2) is 0 Å². The van der Waals surface area contributed by atoms with Crippen LogP contribution >= 0.6 is 0 Å². The van der Waals surface area contributed by atoms with E-state index >= 15 is 0 Å². The van der Waals surface area contributed by atoms with Crippen LogP contribution in [0.5, 0.6) is 0 Å². The number of aliphatic carboxylic acids is 1. The Balaban J connectivity index is 2.05. The van der Waals surface area contributed by atoms with E-state index in [0.29, 0.717) is 0 Å². The summed E-state index contributed by atoms with van der Waals surface area (Å²) in [4.78, 5) is 10.8. The molecule has 0 heterocycles. The highest BCUT2D eigenvalue weighted by molar-refractivity contribution is 5.70. The Morgan fingerprint density at radius 2 is 1.76 bits per heavy atom. The Hall–Kier alpha value is -1.31. The van der Waals surface area contributed by atoms with Gasteiger partial charge >= 0.3 is 5.97 Å². The molecule has 0 saturated heterocycles. The van der Waals surface area contributed by atoms with E-state index < -0.39 is 5.97 Å². The number of carboxylic acid groups (broad SMARTS) is 1. The predicted octanol–water partition coefficient (Wildman–Crippen LogP) is 3.44. The normalized spacial score (nSPS) is 16.9. The van der Waals surface area contributed by atoms with Crippen molar-refractivity contribution in [3.63, 3.8) is 0 Å². The first-order chi connectivity index (χ1) is 8.25. The molecule has 0 bridgehead atoms. The van der Waals surface area contributed by atoms with Crippen molar-refractivity contribution in [3.05, 3.63) is 35.4 Å². The Bertz CT molecular complexity index is 378. The zero-order chi connectivity index (χ0) is 12.1. The van der Waals surface area contributed by atoms with Gasteiger partial charge in [0.2, 0.25) is 0 Å². The minimum atomic E-state index is -0.735. The lowest BCUT2D eigenvalue weighted by Crippen LogP contribution is -2.11. The lowest BCUT2D eigenvalue weighted by Gasteiger charge is -2.22. The summed E-state index contributed by atoms with van der Waals surface area (Å²) in [6.07, 6.45) is 7.87. The molecule has 17 heavy (non-hydrogen) atoms. The van der Waals surface area contributed by atoms with Crippen molar-refractivity contribution in [2.75, 3.05) is 0 Å². The largest absolute Gasteiger partial charge is 0.481 e. The lowest BCUT2D eigenvalue weighted by molar-refractivity contribution is -0.136. The maximum absolute atomic E-state index is 10.8. The molecule has 1 aliphatic carbocycles. The molecule has 0 aliphatic heterocycles. The second kappa shape index (κ2) is 5.85. The Labute approximate surface area is 103 Å². The van der Waals surface area contributed by atoms with Crippen LogP contribution in [0.25, 0.3) is 0 Å². The van der Waals surface area contributed by atoms with Crippen molar-refractivity contribution < 1.29 is 9.90 Å². The summed E-state index contributed by atoms with van der Waals surface area (Å²) in [5.74, 6) is 0.0276. The van der Waals surface area contributed by atoms with Gasteiger partial charge < -0.3 is 5.11 Å². The van der Waals surface area contributed by atoms with E-state index in [2.05, 4.69) is 6.07 Å². The first kappa shape index (κ1) is 12.2. The van der Waals surface area contributed by atoms with Crippen LogP contribution in [-0.2, 0) is 17.6 Å². The molecule has 92 valence electrons. The highest BCUT2D eigenvalue weighted by Gasteiger charge is 2.16. The third kappa shape index (κ3) is 3.58. The number of benzene rings is 1. The van der Waals surface area contributed by atoms with Gasteiger partial charge in [-0.05, 0) is 23.5 Å². The monoisotopic (exact) mass is 232 g/mol. The van der Waals surface area contributed by atoms with Gasteiger partial charge in [0.25, 0.3) is 0 Å². The molecule has 0 amide bonds. The first-order valence-electron chi connectivity index (χ1n) is 6.54. The molecule has 1 fully saturated rings. The second-order valence-corrected chi connectivity index (χ2v) is 5.05. The number of rotatable bonds is 4. The highest BCUT2D eigenvalue weighted by Crippen LogP contribution is 2.27. The second-order valence-electron chi connectivity index (χ2n) is 5.05. The third-order valence-corrected chi connectivity index (χ3v) is 3.69. The number of hydrogen-bond donors (Lipinski definition) is 1. The third-order valence-electron chi connectivity index (χ3n) is 3.69. The SMILES string of the molecule is O=C(O)Cc1ccccc1CC1CCCCC1. The molecule has 1 N–H and O–H groups in total. The fraction of sp³-hybridized carbons (Fsp3) is 0.533. The molecule has 0 radical (unpaired) electrons.